The van der Waals surface area contributed by atoms with E-state index in [0.29, 0.717) is 6.04 Å². The topological polar surface area (TPSA) is 0 Å². The van der Waals surface area contributed by atoms with E-state index in [2.05, 4.69) is 87.3 Å². The Balaban J connectivity index is 0.00000684. The van der Waals surface area contributed by atoms with Gasteiger partial charge in [0.2, 0.25) is 0 Å². The lowest BCUT2D eigenvalue weighted by atomic mass is 9.94. The third-order valence-corrected chi connectivity index (χ3v) is 7.92. The summed E-state index contributed by atoms with van der Waals surface area (Å²) in [5.74, 6) is 0. The SMILES string of the molecule is C=CC[N+](C)(CCCCCCCCCCCCCCCCCC)C(c1ccccc1)c1ccccc1.[Cl-]. The van der Waals surface area contributed by atoms with E-state index < -0.39 is 0 Å². The Hall–Kier alpha value is -1.57. The summed E-state index contributed by atoms with van der Waals surface area (Å²) in [6.07, 6.45) is 24.8. The van der Waals surface area contributed by atoms with Crippen LogP contribution in [0.5, 0.6) is 0 Å². The highest BCUT2D eigenvalue weighted by molar-refractivity contribution is 5.30. The van der Waals surface area contributed by atoms with Gasteiger partial charge >= 0.3 is 0 Å². The highest BCUT2D eigenvalue weighted by Crippen LogP contribution is 2.34. The first-order chi connectivity index (χ1) is 17.7. The summed E-state index contributed by atoms with van der Waals surface area (Å²) < 4.78 is 0.996. The van der Waals surface area contributed by atoms with Crippen LogP contribution in [0.3, 0.4) is 0 Å². The fraction of sp³-hybridized carbons (Fsp3) is 0.600. The average Bonchev–Trinajstić information content (AvgIpc) is 2.90. The maximum Gasteiger partial charge on any atom is 0.140 e. The molecule has 0 spiro atoms. The lowest BCUT2D eigenvalue weighted by Gasteiger charge is -2.42. The van der Waals surface area contributed by atoms with Gasteiger partial charge < -0.3 is 16.9 Å². The lowest BCUT2D eigenvalue weighted by Crippen LogP contribution is -3.00. The molecule has 0 aliphatic heterocycles. The molecule has 0 aliphatic carbocycles. The van der Waals surface area contributed by atoms with Crippen LogP contribution >= 0.6 is 0 Å². The summed E-state index contributed by atoms with van der Waals surface area (Å²) in [6.45, 7) is 8.61. The van der Waals surface area contributed by atoms with Gasteiger partial charge in [-0.1, -0.05) is 164 Å². The maximum atomic E-state index is 4.12. The van der Waals surface area contributed by atoms with Crippen LogP contribution in [0.1, 0.15) is 127 Å². The molecule has 2 aromatic rings. The van der Waals surface area contributed by atoms with Crippen LogP contribution in [0.4, 0.5) is 0 Å². The van der Waals surface area contributed by atoms with Gasteiger partial charge in [0.15, 0.2) is 0 Å². The van der Waals surface area contributed by atoms with E-state index in [1.54, 1.807) is 0 Å². The molecule has 0 heterocycles. The normalized spacial score (nSPS) is 12.7. The summed E-state index contributed by atoms with van der Waals surface area (Å²) in [5.41, 5.74) is 2.81. The summed E-state index contributed by atoms with van der Waals surface area (Å²) in [4.78, 5) is 0. The number of hydrogen-bond donors (Lipinski definition) is 0. The minimum Gasteiger partial charge on any atom is -1.00 e. The molecule has 2 heteroatoms. The summed E-state index contributed by atoms with van der Waals surface area (Å²) in [7, 11) is 2.43. The minimum absolute atomic E-state index is 0. The molecule has 2 aromatic carbocycles. The van der Waals surface area contributed by atoms with E-state index in [1.165, 1.54) is 120 Å². The first-order valence-electron chi connectivity index (χ1n) is 15.3. The molecule has 0 saturated heterocycles. The molecule has 37 heavy (non-hydrogen) atoms. The van der Waals surface area contributed by atoms with Crippen molar-refractivity contribution in [3.05, 3.63) is 84.4 Å². The zero-order chi connectivity index (χ0) is 25.7. The second kappa shape index (κ2) is 21.4. The first-order valence-corrected chi connectivity index (χ1v) is 15.3. The number of quaternary nitrogens is 1. The number of rotatable bonds is 22. The molecule has 1 atom stereocenters. The van der Waals surface area contributed by atoms with Gasteiger partial charge in [0.1, 0.15) is 6.04 Å². The van der Waals surface area contributed by atoms with Crippen molar-refractivity contribution in [1.29, 1.82) is 0 Å². The van der Waals surface area contributed by atoms with Crippen LogP contribution in [0.2, 0.25) is 0 Å². The molecular weight excluding hydrogens is 470 g/mol. The fourth-order valence-corrected chi connectivity index (χ4v) is 5.82. The standard InChI is InChI=1S/C35H56N.ClH/c1-4-6-7-8-9-10-11-12-13-14-15-16-17-18-19-26-32-36(3,31-5-2)35(33-27-22-20-23-28-33)34-29-24-21-25-30-34;/h5,20-25,27-30,35H,2,4,6-19,26,31-32H2,1,3H3;1H/q+1;/p-1. The lowest BCUT2D eigenvalue weighted by molar-refractivity contribution is -0.928. The van der Waals surface area contributed by atoms with E-state index in [0.717, 1.165) is 11.0 Å². The van der Waals surface area contributed by atoms with Gasteiger partial charge in [0.05, 0.1) is 20.1 Å². The highest BCUT2D eigenvalue weighted by Gasteiger charge is 2.33. The number of benzene rings is 2. The number of halogens is 1. The largest absolute Gasteiger partial charge is 1.00 e. The third-order valence-electron chi connectivity index (χ3n) is 7.92. The van der Waals surface area contributed by atoms with Crippen LogP contribution < -0.4 is 12.4 Å². The van der Waals surface area contributed by atoms with Gasteiger partial charge in [-0.2, -0.15) is 0 Å². The molecule has 0 fully saturated rings. The second-order valence-corrected chi connectivity index (χ2v) is 11.2. The monoisotopic (exact) mass is 525 g/mol. The molecule has 0 aliphatic rings. The predicted molar refractivity (Wildman–Crippen MR) is 160 cm³/mol. The van der Waals surface area contributed by atoms with Crippen LogP contribution in [0.25, 0.3) is 0 Å². The van der Waals surface area contributed by atoms with Crippen LogP contribution in [0.15, 0.2) is 73.3 Å². The van der Waals surface area contributed by atoms with E-state index in [4.69, 9.17) is 0 Å². The molecule has 0 N–H and O–H groups in total. The number of hydrogen-bond acceptors (Lipinski definition) is 0. The summed E-state index contributed by atoms with van der Waals surface area (Å²) >= 11 is 0. The van der Waals surface area contributed by atoms with Gasteiger partial charge in [-0.15, -0.1) is 0 Å². The van der Waals surface area contributed by atoms with Crippen molar-refractivity contribution in [2.75, 3.05) is 20.1 Å². The van der Waals surface area contributed by atoms with Crippen molar-refractivity contribution >= 4 is 0 Å². The average molecular weight is 526 g/mol. The van der Waals surface area contributed by atoms with Crippen molar-refractivity contribution in [1.82, 2.24) is 0 Å². The Bertz CT molecular complexity index is 735. The second-order valence-electron chi connectivity index (χ2n) is 11.2. The number of unbranched alkanes of at least 4 members (excludes halogenated alkanes) is 15. The number of likely N-dealkylation sites (N-methyl/N-ethyl adjacent to an activating group) is 1. The molecule has 0 radical (unpaired) electrons. The maximum absolute atomic E-state index is 4.12. The molecule has 0 bridgehead atoms. The highest BCUT2D eigenvalue weighted by atomic mass is 35.5. The minimum atomic E-state index is 0. The van der Waals surface area contributed by atoms with E-state index in [9.17, 15) is 0 Å². The quantitative estimate of drug-likeness (QED) is 0.0839. The summed E-state index contributed by atoms with van der Waals surface area (Å²) in [6, 6.07) is 22.5. The van der Waals surface area contributed by atoms with Crippen molar-refractivity contribution in [3.63, 3.8) is 0 Å². The fourth-order valence-electron chi connectivity index (χ4n) is 5.82. The van der Waals surface area contributed by atoms with Crippen molar-refractivity contribution < 1.29 is 16.9 Å². The van der Waals surface area contributed by atoms with Gasteiger partial charge in [0.25, 0.3) is 0 Å². The Morgan fingerprint density at radius 3 is 1.30 bits per heavy atom. The van der Waals surface area contributed by atoms with Crippen molar-refractivity contribution in [3.8, 4) is 0 Å². The predicted octanol–water partition coefficient (Wildman–Crippen LogP) is 7.67. The molecule has 0 amide bonds. The first kappa shape index (κ1) is 33.5. The third kappa shape index (κ3) is 13.7. The molecule has 1 nitrogen and oxygen atoms in total. The Morgan fingerprint density at radius 1 is 0.595 bits per heavy atom. The van der Waals surface area contributed by atoms with Crippen LogP contribution in [-0.2, 0) is 0 Å². The zero-order valence-electron chi connectivity index (χ0n) is 24.2. The van der Waals surface area contributed by atoms with Crippen molar-refractivity contribution in [2.45, 2.75) is 116 Å². The van der Waals surface area contributed by atoms with E-state index in [1.807, 2.05) is 0 Å². The van der Waals surface area contributed by atoms with Gasteiger partial charge in [-0.25, -0.2) is 0 Å². The molecular formula is C35H56ClN. The Kier molecular flexibility index (Phi) is 19.3. The van der Waals surface area contributed by atoms with Gasteiger partial charge in [-0.3, -0.25) is 0 Å². The summed E-state index contributed by atoms with van der Waals surface area (Å²) in [5, 5.41) is 0. The molecule has 208 valence electrons. The Labute approximate surface area is 236 Å². The molecule has 2 rings (SSSR count). The molecule has 0 aromatic heterocycles. The van der Waals surface area contributed by atoms with Crippen LogP contribution in [0, 0.1) is 0 Å². The van der Waals surface area contributed by atoms with E-state index >= 15 is 0 Å². The number of nitrogens with zero attached hydrogens (tertiary/aromatic N) is 1. The molecule has 1 unspecified atom stereocenters. The van der Waals surface area contributed by atoms with Gasteiger partial charge in [-0.05, 0) is 18.9 Å². The Morgan fingerprint density at radius 2 is 0.946 bits per heavy atom. The smallest absolute Gasteiger partial charge is 0.140 e. The van der Waals surface area contributed by atoms with Crippen molar-refractivity contribution in [2.24, 2.45) is 0 Å². The zero-order valence-corrected chi connectivity index (χ0v) is 24.9. The van der Waals surface area contributed by atoms with Gasteiger partial charge in [0, 0.05) is 11.1 Å². The van der Waals surface area contributed by atoms with E-state index in [-0.39, 0.29) is 12.4 Å². The molecule has 0 saturated carbocycles. The van der Waals surface area contributed by atoms with Crippen LogP contribution in [-0.4, -0.2) is 24.6 Å².